The van der Waals surface area contributed by atoms with Gasteiger partial charge in [0.2, 0.25) is 0 Å². The molecule has 0 saturated heterocycles. The maximum atomic E-state index is 10.1. The highest BCUT2D eigenvalue weighted by Gasteiger charge is 2.58. The Kier molecular flexibility index (Phi) is 9.31. The zero-order valence-corrected chi connectivity index (χ0v) is 20.5. The van der Waals surface area contributed by atoms with Crippen molar-refractivity contribution >= 4 is 0 Å². The van der Waals surface area contributed by atoms with Crippen molar-refractivity contribution in [1.82, 2.24) is 0 Å². The molecule has 0 aromatic heterocycles. The van der Waals surface area contributed by atoms with E-state index in [1.807, 2.05) is 0 Å². The summed E-state index contributed by atoms with van der Waals surface area (Å²) in [5.41, 5.74) is 1.55. The molecule has 0 bridgehead atoms. The van der Waals surface area contributed by atoms with Crippen LogP contribution in [0.4, 0.5) is 0 Å². The first kappa shape index (κ1) is 24.5. The van der Waals surface area contributed by atoms with Crippen LogP contribution in [-0.4, -0.2) is 0 Å². The van der Waals surface area contributed by atoms with Crippen molar-refractivity contribution in [1.29, 1.82) is 5.26 Å². The van der Waals surface area contributed by atoms with Gasteiger partial charge in [0.05, 0.1) is 12.0 Å². The van der Waals surface area contributed by atoms with Crippen LogP contribution in [-0.2, 0) is 0 Å². The van der Waals surface area contributed by atoms with Crippen LogP contribution in [0.3, 0.4) is 0 Å². The molecule has 0 N–H and O–H groups in total. The fourth-order valence-electron chi connectivity index (χ4n) is 7.51. The molecule has 8 atom stereocenters. The third kappa shape index (κ3) is 5.68. The van der Waals surface area contributed by atoms with E-state index >= 15 is 0 Å². The van der Waals surface area contributed by atoms with Gasteiger partial charge >= 0.3 is 0 Å². The molecule has 166 valence electrons. The van der Waals surface area contributed by atoms with E-state index < -0.39 is 0 Å². The summed E-state index contributed by atoms with van der Waals surface area (Å²) in [7, 11) is 0. The molecule has 2 aliphatic rings. The molecular weight excluding hydrogens is 350 g/mol. The van der Waals surface area contributed by atoms with Crippen molar-refractivity contribution in [3.8, 4) is 6.07 Å². The second-order valence-electron chi connectivity index (χ2n) is 11.4. The first-order chi connectivity index (χ1) is 13.7. The molecule has 0 aliphatic heterocycles. The molecule has 29 heavy (non-hydrogen) atoms. The summed E-state index contributed by atoms with van der Waals surface area (Å²) in [5.74, 6) is 4.96. The predicted octanol–water partition coefficient (Wildman–Crippen LogP) is 8.80. The second kappa shape index (κ2) is 11.0. The summed E-state index contributed by atoms with van der Waals surface area (Å²) in [5, 5.41) is 10.1. The van der Waals surface area contributed by atoms with Gasteiger partial charge in [0, 0.05) is 0 Å². The zero-order chi connectivity index (χ0) is 21.6. The lowest BCUT2D eigenvalue weighted by Crippen LogP contribution is -2.48. The topological polar surface area (TPSA) is 23.8 Å². The Morgan fingerprint density at radius 2 is 1.90 bits per heavy atom. The summed E-state index contributed by atoms with van der Waals surface area (Å²) < 4.78 is 0. The van der Waals surface area contributed by atoms with Crippen LogP contribution in [0.5, 0.6) is 0 Å². The van der Waals surface area contributed by atoms with Gasteiger partial charge < -0.3 is 0 Å². The van der Waals surface area contributed by atoms with Crippen molar-refractivity contribution in [2.45, 2.75) is 112 Å². The van der Waals surface area contributed by atoms with Crippen LogP contribution < -0.4 is 0 Å². The second-order valence-corrected chi connectivity index (χ2v) is 11.4. The summed E-state index contributed by atoms with van der Waals surface area (Å²) in [6.07, 6.45) is 14.4. The minimum Gasteiger partial charge on any atom is -0.198 e. The summed E-state index contributed by atoms with van der Waals surface area (Å²) in [6.45, 7) is 18.5. The Hall–Kier alpha value is -0.770. The maximum Gasteiger partial charge on any atom is 0.0661 e. The van der Waals surface area contributed by atoms with E-state index in [4.69, 9.17) is 0 Å². The SMILES string of the molecule is C=C(C)CCC[C@H]1CC[C@H]2[C@H]([C@H](C)CCC[C@H](C)CCC)[C@@H](C)C[C@H](C#N)[C@]12C. The molecule has 0 heterocycles. The Morgan fingerprint density at radius 3 is 2.52 bits per heavy atom. The number of nitrogens with zero attached hydrogens (tertiary/aromatic N) is 1. The molecule has 0 spiro atoms. The van der Waals surface area contributed by atoms with Gasteiger partial charge in [-0.05, 0) is 86.4 Å². The van der Waals surface area contributed by atoms with E-state index in [2.05, 4.69) is 54.2 Å². The standard InChI is InChI=1S/C28H49N/c1-8-11-21(4)13-10-14-22(5)27-23(6)18-25(19-29)28(7)24(16-17-26(27)28)15-9-12-20(2)3/h21-27H,2,8-18H2,1,3-7H3/t21-,22-,23+,24+,25-,26+,27-,28+/m1/s1. The largest absolute Gasteiger partial charge is 0.198 e. The number of hydrogen-bond acceptors (Lipinski definition) is 1. The third-order valence-electron chi connectivity index (χ3n) is 9.09. The van der Waals surface area contributed by atoms with Gasteiger partial charge in [-0.2, -0.15) is 5.26 Å². The Labute approximate surface area is 182 Å². The van der Waals surface area contributed by atoms with Crippen LogP contribution in [0.25, 0.3) is 0 Å². The Morgan fingerprint density at radius 1 is 1.17 bits per heavy atom. The molecule has 2 rings (SSSR count). The van der Waals surface area contributed by atoms with Gasteiger partial charge in [-0.25, -0.2) is 0 Å². The minimum absolute atomic E-state index is 0.241. The van der Waals surface area contributed by atoms with Crippen LogP contribution in [0.15, 0.2) is 12.2 Å². The highest BCUT2D eigenvalue weighted by atomic mass is 14.6. The smallest absolute Gasteiger partial charge is 0.0661 e. The quantitative estimate of drug-likeness (QED) is 0.318. The summed E-state index contributed by atoms with van der Waals surface area (Å²) in [6, 6.07) is 2.79. The van der Waals surface area contributed by atoms with Crippen molar-refractivity contribution in [3.63, 3.8) is 0 Å². The van der Waals surface area contributed by atoms with Crippen molar-refractivity contribution in [2.24, 2.45) is 46.8 Å². The lowest BCUT2D eigenvalue weighted by Gasteiger charge is -2.52. The maximum absolute atomic E-state index is 10.1. The fraction of sp³-hybridized carbons (Fsp3) is 0.893. The van der Waals surface area contributed by atoms with Crippen molar-refractivity contribution in [2.75, 3.05) is 0 Å². The third-order valence-corrected chi connectivity index (χ3v) is 9.09. The lowest BCUT2D eigenvalue weighted by atomic mass is 9.51. The van der Waals surface area contributed by atoms with E-state index in [0.29, 0.717) is 5.92 Å². The van der Waals surface area contributed by atoms with Crippen molar-refractivity contribution in [3.05, 3.63) is 12.2 Å². The predicted molar refractivity (Wildman–Crippen MR) is 126 cm³/mol. The number of allylic oxidation sites excluding steroid dienone is 1. The van der Waals surface area contributed by atoms with Crippen LogP contribution >= 0.6 is 0 Å². The monoisotopic (exact) mass is 399 g/mol. The van der Waals surface area contributed by atoms with E-state index in [9.17, 15) is 5.26 Å². The van der Waals surface area contributed by atoms with Gasteiger partial charge in [-0.15, -0.1) is 6.58 Å². The van der Waals surface area contributed by atoms with Crippen LogP contribution in [0, 0.1) is 58.2 Å². The molecule has 0 aromatic rings. The van der Waals surface area contributed by atoms with Gasteiger partial charge in [0.1, 0.15) is 0 Å². The molecule has 0 unspecified atom stereocenters. The molecule has 2 aliphatic carbocycles. The molecule has 1 nitrogen and oxygen atoms in total. The molecule has 0 amide bonds. The highest BCUT2D eigenvalue weighted by molar-refractivity contribution is 5.11. The first-order valence-corrected chi connectivity index (χ1v) is 12.8. The Balaban J connectivity index is 2.07. The van der Waals surface area contributed by atoms with Crippen LogP contribution in [0.2, 0.25) is 0 Å². The van der Waals surface area contributed by atoms with Gasteiger partial charge in [0.25, 0.3) is 0 Å². The van der Waals surface area contributed by atoms with E-state index in [0.717, 1.165) is 42.4 Å². The van der Waals surface area contributed by atoms with E-state index in [1.54, 1.807) is 0 Å². The normalized spacial score (nSPS) is 36.2. The molecule has 2 fully saturated rings. The summed E-state index contributed by atoms with van der Waals surface area (Å²) >= 11 is 0. The summed E-state index contributed by atoms with van der Waals surface area (Å²) in [4.78, 5) is 0. The fourth-order valence-corrected chi connectivity index (χ4v) is 7.51. The first-order valence-electron chi connectivity index (χ1n) is 12.8. The molecule has 1 heteroatoms. The van der Waals surface area contributed by atoms with Gasteiger partial charge in [0.15, 0.2) is 0 Å². The average molecular weight is 400 g/mol. The van der Waals surface area contributed by atoms with Gasteiger partial charge in [-0.1, -0.05) is 72.3 Å². The number of rotatable bonds is 11. The average Bonchev–Trinajstić information content (AvgIpc) is 2.98. The van der Waals surface area contributed by atoms with E-state index in [1.165, 1.54) is 63.4 Å². The van der Waals surface area contributed by atoms with Gasteiger partial charge in [-0.3, -0.25) is 0 Å². The Bertz CT molecular complexity index is 557. The van der Waals surface area contributed by atoms with E-state index in [-0.39, 0.29) is 11.3 Å². The molecule has 0 radical (unpaired) electrons. The van der Waals surface area contributed by atoms with Crippen molar-refractivity contribution < 1.29 is 0 Å². The molecular formula is C28H49N. The highest BCUT2D eigenvalue weighted by Crippen LogP contribution is 2.63. The lowest BCUT2D eigenvalue weighted by molar-refractivity contribution is -0.0417. The zero-order valence-electron chi connectivity index (χ0n) is 20.5. The number of fused-ring (bicyclic) bond motifs is 1. The van der Waals surface area contributed by atoms with Crippen LogP contribution in [0.1, 0.15) is 112 Å². The number of nitriles is 1. The molecule has 2 saturated carbocycles. The minimum atomic E-state index is 0.241. The number of hydrogen-bond donors (Lipinski definition) is 0. The molecule has 0 aromatic carbocycles.